The van der Waals surface area contributed by atoms with Gasteiger partial charge in [-0.2, -0.15) is 13.2 Å². The molecule has 92 valence electrons. The van der Waals surface area contributed by atoms with E-state index in [0.717, 1.165) is 16.3 Å². The topological polar surface area (TPSA) is 45.2 Å². The standard InChI is InChI=1S/C9H13F3N2OS/c1-2-8-14-4-6(16-8)3-13-5-7(15)9(10,11)12/h4,7,13,15H,2-3,5H2,1H3. The first kappa shape index (κ1) is 13.4. The van der Waals surface area contributed by atoms with Gasteiger partial charge in [0, 0.05) is 24.2 Å². The molecule has 1 atom stereocenters. The van der Waals surface area contributed by atoms with E-state index in [1.54, 1.807) is 6.20 Å². The number of hydrogen-bond acceptors (Lipinski definition) is 4. The van der Waals surface area contributed by atoms with Crippen molar-refractivity contribution in [3.8, 4) is 0 Å². The second kappa shape index (κ2) is 5.60. The number of nitrogens with one attached hydrogen (secondary N) is 1. The van der Waals surface area contributed by atoms with Gasteiger partial charge in [-0.25, -0.2) is 4.98 Å². The molecule has 0 spiro atoms. The third-order valence-corrected chi connectivity index (χ3v) is 3.06. The Morgan fingerprint density at radius 2 is 2.25 bits per heavy atom. The average Bonchev–Trinajstić information content (AvgIpc) is 2.64. The van der Waals surface area contributed by atoms with Crippen LogP contribution in [0.15, 0.2) is 6.20 Å². The Morgan fingerprint density at radius 3 is 2.75 bits per heavy atom. The molecule has 2 N–H and O–H groups in total. The van der Waals surface area contributed by atoms with Crippen molar-refractivity contribution in [2.45, 2.75) is 32.2 Å². The molecule has 3 nitrogen and oxygen atoms in total. The van der Waals surface area contributed by atoms with Crippen LogP contribution in [-0.4, -0.2) is 28.9 Å². The number of aliphatic hydroxyl groups is 1. The van der Waals surface area contributed by atoms with Gasteiger partial charge in [-0.3, -0.25) is 0 Å². The minimum absolute atomic E-state index is 0.296. The van der Waals surface area contributed by atoms with Crippen LogP contribution < -0.4 is 5.32 Å². The van der Waals surface area contributed by atoms with Crippen LogP contribution in [0.25, 0.3) is 0 Å². The Hall–Kier alpha value is -0.660. The van der Waals surface area contributed by atoms with Gasteiger partial charge >= 0.3 is 6.18 Å². The third kappa shape index (κ3) is 4.07. The summed E-state index contributed by atoms with van der Waals surface area (Å²) in [6.07, 6.45) is -4.42. The van der Waals surface area contributed by atoms with Crippen molar-refractivity contribution in [2.75, 3.05) is 6.54 Å². The molecule has 1 rings (SSSR count). The Morgan fingerprint density at radius 1 is 1.56 bits per heavy atom. The summed E-state index contributed by atoms with van der Waals surface area (Å²) >= 11 is 1.46. The van der Waals surface area contributed by atoms with Crippen LogP contribution >= 0.6 is 11.3 Å². The fourth-order valence-electron chi connectivity index (χ4n) is 1.04. The van der Waals surface area contributed by atoms with E-state index < -0.39 is 18.8 Å². The third-order valence-electron chi connectivity index (χ3n) is 1.92. The number of halogens is 3. The number of aliphatic hydroxyl groups excluding tert-OH is 1. The van der Waals surface area contributed by atoms with Gasteiger partial charge in [-0.15, -0.1) is 11.3 Å². The minimum Gasteiger partial charge on any atom is -0.382 e. The van der Waals surface area contributed by atoms with E-state index >= 15 is 0 Å². The first-order valence-corrected chi connectivity index (χ1v) is 5.64. The molecular formula is C9H13F3N2OS. The fourth-order valence-corrected chi connectivity index (χ4v) is 1.87. The van der Waals surface area contributed by atoms with Crippen LogP contribution in [0.2, 0.25) is 0 Å². The van der Waals surface area contributed by atoms with E-state index in [2.05, 4.69) is 10.3 Å². The maximum Gasteiger partial charge on any atom is 0.415 e. The summed E-state index contributed by atoms with van der Waals surface area (Å²) in [5.74, 6) is 0. The largest absolute Gasteiger partial charge is 0.415 e. The summed E-state index contributed by atoms with van der Waals surface area (Å²) in [4.78, 5) is 4.94. The molecule has 0 fully saturated rings. The maximum absolute atomic E-state index is 11.9. The summed E-state index contributed by atoms with van der Waals surface area (Å²) in [6, 6.07) is 0. The number of aryl methyl sites for hydroxylation is 1. The Bertz CT molecular complexity index is 327. The summed E-state index contributed by atoms with van der Waals surface area (Å²) in [5, 5.41) is 12.2. The molecule has 1 aromatic rings. The predicted molar refractivity (Wildman–Crippen MR) is 55.3 cm³/mol. The van der Waals surface area contributed by atoms with E-state index in [4.69, 9.17) is 5.11 Å². The van der Waals surface area contributed by atoms with Crippen LogP contribution in [-0.2, 0) is 13.0 Å². The minimum atomic E-state index is -4.56. The highest BCUT2D eigenvalue weighted by Crippen LogP contribution is 2.19. The SMILES string of the molecule is CCc1ncc(CNCC(O)C(F)(F)F)s1. The lowest BCUT2D eigenvalue weighted by Crippen LogP contribution is -2.38. The molecule has 0 amide bonds. The Labute approximate surface area is 95.3 Å². The van der Waals surface area contributed by atoms with Crippen molar-refractivity contribution < 1.29 is 18.3 Å². The van der Waals surface area contributed by atoms with Gasteiger partial charge in [-0.05, 0) is 6.42 Å². The molecule has 16 heavy (non-hydrogen) atoms. The predicted octanol–water partition coefficient (Wildman–Crippen LogP) is 1.72. The van der Waals surface area contributed by atoms with Gasteiger partial charge in [0.25, 0.3) is 0 Å². The highest BCUT2D eigenvalue weighted by Gasteiger charge is 2.37. The maximum atomic E-state index is 11.9. The lowest BCUT2D eigenvalue weighted by Gasteiger charge is -2.14. The highest BCUT2D eigenvalue weighted by molar-refractivity contribution is 7.11. The van der Waals surface area contributed by atoms with Gasteiger partial charge in [0.15, 0.2) is 6.10 Å². The Balaban J connectivity index is 2.30. The number of thiazole rings is 1. The smallest absolute Gasteiger partial charge is 0.382 e. The quantitative estimate of drug-likeness (QED) is 0.841. The average molecular weight is 254 g/mol. The fraction of sp³-hybridized carbons (Fsp3) is 0.667. The van der Waals surface area contributed by atoms with Crippen LogP contribution in [0.5, 0.6) is 0 Å². The zero-order valence-electron chi connectivity index (χ0n) is 8.71. The lowest BCUT2D eigenvalue weighted by atomic mass is 10.3. The van der Waals surface area contributed by atoms with Crippen molar-refractivity contribution in [1.82, 2.24) is 10.3 Å². The molecule has 0 radical (unpaired) electrons. The Kier molecular flexibility index (Phi) is 4.69. The molecule has 1 aromatic heterocycles. The normalized spacial score (nSPS) is 14.1. The van der Waals surface area contributed by atoms with Crippen molar-refractivity contribution in [3.05, 3.63) is 16.1 Å². The molecular weight excluding hydrogens is 241 g/mol. The molecule has 0 aliphatic heterocycles. The van der Waals surface area contributed by atoms with Gasteiger partial charge < -0.3 is 10.4 Å². The second-order valence-electron chi connectivity index (χ2n) is 3.26. The van der Waals surface area contributed by atoms with Crippen LogP contribution in [0.4, 0.5) is 13.2 Å². The van der Waals surface area contributed by atoms with Crippen molar-refractivity contribution in [2.24, 2.45) is 0 Å². The number of alkyl halides is 3. The van der Waals surface area contributed by atoms with Crippen molar-refractivity contribution in [3.63, 3.8) is 0 Å². The van der Waals surface area contributed by atoms with Crippen molar-refractivity contribution >= 4 is 11.3 Å². The van der Waals surface area contributed by atoms with Gasteiger partial charge in [0.1, 0.15) is 0 Å². The molecule has 0 aromatic carbocycles. The number of nitrogens with zero attached hydrogens (tertiary/aromatic N) is 1. The molecule has 1 heterocycles. The van der Waals surface area contributed by atoms with Gasteiger partial charge in [0.05, 0.1) is 5.01 Å². The molecule has 7 heteroatoms. The van der Waals surface area contributed by atoms with Crippen molar-refractivity contribution in [1.29, 1.82) is 0 Å². The monoisotopic (exact) mass is 254 g/mol. The van der Waals surface area contributed by atoms with Gasteiger partial charge in [0.2, 0.25) is 0 Å². The summed E-state index contributed by atoms with van der Waals surface area (Å²) in [6.45, 7) is 1.76. The number of aromatic nitrogens is 1. The zero-order valence-corrected chi connectivity index (χ0v) is 9.53. The molecule has 0 bridgehead atoms. The summed E-state index contributed by atoms with van der Waals surface area (Å²) in [5.41, 5.74) is 0. The molecule has 1 unspecified atom stereocenters. The summed E-state index contributed by atoms with van der Waals surface area (Å²) < 4.78 is 35.8. The molecule has 0 aliphatic rings. The van der Waals surface area contributed by atoms with E-state index in [-0.39, 0.29) is 0 Å². The lowest BCUT2D eigenvalue weighted by molar-refractivity contribution is -0.201. The summed E-state index contributed by atoms with van der Waals surface area (Å²) in [7, 11) is 0. The van der Waals surface area contributed by atoms with E-state index in [1.807, 2.05) is 6.92 Å². The first-order chi connectivity index (χ1) is 7.43. The second-order valence-corrected chi connectivity index (χ2v) is 4.46. The van der Waals surface area contributed by atoms with E-state index in [1.165, 1.54) is 11.3 Å². The van der Waals surface area contributed by atoms with E-state index in [9.17, 15) is 13.2 Å². The van der Waals surface area contributed by atoms with Crippen LogP contribution in [0.1, 0.15) is 16.8 Å². The molecule has 0 saturated carbocycles. The number of hydrogen-bond donors (Lipinski definition) is 2. The zero-order chi connectivity index (χ0) is 12.2. The number of rotatable bonds is 5. The highest BCUT2D eigenvalue weighted by atomic mass is 32.1. The van der Waals surface area contributed by atoms with Crippen LogP contribution in [0.3, 0.4) is 0 Å². The molecule has 0 aliphatic carbocycles. The van der Waals surface area contributed by atoms with Gasteiger partial charge in [-0.1, -0.05) is 6.92 Å². The first-order valence-electron chi connectivity index (χ1n) is 4.82. The molecule has 0 saturated heterocycles. The van der Waals surface area contributed by atoms with E-state index in [0.29, 0.717) is 6.54 Å². The van der Waals surface area contributed by atoms with Crippen LogP contribution in [0, 0.1) is 0 Å².